The van der Waals surface area contributed by atoms with E-state index >= 15 is 0 Å². The van der Waals surface area contributed by atoms with Crippen LogP contribution in [-0.4, -0.2) is 263 Å². The lowest BCUT2D eigenvalue weighted by atomic mass is 9.92. The Morgan fingerprint density at radius 1 is 0.449 bits per heavy atom. The number of rotatable bonds is 46. The molecule has 3 aliphatic rings. The van der Waals surface area contributed by atoms with Gasteiger partial charge in [-0.25, -0.2) is 0 Å². The summed E-state index contributed by atoms with van der Waals surface area (Å²) in [7, 11) is 0. The number of nitrogens with one attached hydrogen (secondary N) is 6. The van der Waals surface area contributed by atoms with Gasteiger partial charge in [0.25, 0.3) is 0 Å². The van der Waals surface area contributed by atoms with Crippen LogP contribution in [0.5, 0.6) is 0 Å². The van der Waals surface area contributed by atoms with Crippen LogP contribution in [0.15, 0.2) is 0 Å². The number of aliphatic hydroxyl groups is 9. The van der Waals surface area contributed by atoms with Crippen LogP contribution in [0.25, 0.3) is 0 Å². The lowest BCUT2D eigenvalue weighted by molar-refractivity contribution is -0.282. The van der Waals surface area contributed by atoms with Crippen molar-refractivity contribution in [3.63, 3.8) is 0 Å². The second-order valence-electron chi connectivity index (χ2n) is 24.1. The number of ketones is 1. The first kappa shape index (κ1) is 79.1. The Labute approximate surface area is 523 Å². The molecule has 516 valence electrons. The summed E-state index contributed by atoms with van der Waals surface area (Å²) in [5.74, 6) is -2.95. The van der Waals surface area contributed by atoms with Gasteiger partial charge < -0.3 is 106 Å². The van der Waals surface area contributed by atoms with Crippen molar-refractivity contribution in [1.82, 2.24) is 36.8 Å². The van der Waals surface area contributed by atoms with Gasteiger partial charge in [-0.3, -0.25) is 38.5 Å². The minimum absolute atomic E-state index is 0.00594. The number of Topliss-reactive ketones (excluding diaryl/α,β-unsaturated/α-hetero) is 1. The second-order valence-corrected chi connectivity index (χ2v) is 24.1. The molecule has 0 spiro atoms. The molecule has 0 aromatic carbocycles. The smallest absolute Gasteiger partial charge is 0.237 e. The van der Waals surface area contributed by atoms with E-state index in [-0.39, 0.29) is 93.8 Å². The number of hydrogen-bond donors (Lipinski definition) is 15. The van der Waals surface area contributed by atoms with Gasteiger partial charge in [0.15, 0.2) is 18.9 Å². The zero-order valence-electron chi connectivity index (χ0n) is 53.0. The minimum atomic E-state index is -1.42. The largest absolute Gasteiger partial charge is 0.394 e. The van der Waals surface area contributed by atoms with Crippen molar-refractivity contribution in [3.8, 4) is 0 Å². The monoisotopic (exact) mass is 1280 g/mol. The summed E-state index contributed by atoms with van der Waals surface area (Å²) in [5.41, 5.74) is 0. The summed E-state index contributed by atoms with van der Waals surface area (Å²) in [6.07, 6.45) is -4.68. The van der Waals surface area contributed by atoms with E-state index in [0.717, 1.165) is 0 Å². The van der Waals surface area contributed by atoms with E-state index in [1.54, 1.807) is 18.7 Å². The van der Waals surface area contributed by atoms with Gasteiger partial charge in [-0.2, -0.15) is 0 Å². The van der Waals surface area contributed by atoms with Crippen molar-refractivity contribution in [2.45, 2.75) is 236 Å². The zero-order valence-corrected chi connectivity index (χ0v) is 53.0. The van der Waals surface area contributed by atoms with Crippen LogP contribution >= 0.6 is 0 Å². The fraction of sp³-hybridized carbons (Fsp3) is 0.883. The molecule has 0 aliphatic carbocycles. The molecule has 3 rings (SSSR count). The fourth-order valence-electron chi connectivity index (χ4n) is 10.5. The zero-order chi connectivity index (χ0) is 65.8. The van der Waals surface area contributed by atoms with E-state index in [2.05, 4.69) is 31.9 Å². The van der Waals surface area contributed by atoms with E-state index in [4.69, 9.17) is 28.4 Å². The van der Waals surface area contributed by atoms with E-state index in [0.29, 0.717) is 123 Å². The highest BCUT2D eigenvalue weighted by atomic mass is 16.7. The summed E-state index contributed by atoms with van der Waals surface area (Å²) in [4.78, 5) is 92.1. The molecule has 3 heterocycles. The van der Waals surface area contributed by atoms with Crippen molar-refractivity contribution >= 4 is 41.2 Å². The number of hydrogen-bond acceptors (Lipinski definition) is 23. The van der Waals surface area contributed by atoms with E-state index in [1.807, 2.05) is 13.8 Å². The van der Waals surface area contributed by atoms with Gasteiger partial charge in [0, 0.05) is 97.0 Å². The molecule has 16 atom stereocenters. The second kappa shape index (κ2) is 44.4. The van der Waals surface area contributed by atoms with Crippen LogP contribution in [0.3, 0.4) is 0 Å². The molecule has 0 radical (unpaired) electrons. The molecule has 29 heteroatoms. The third-order valence-electron chi connectivity index (χ3n) is 16.0. The lowest BCUT2D eigenvalue weighted by Gasteiger charge is -2.42. The highest BCUT2D eigenvalue weighted by Gasteiger charge is 2.46. The predicted molar refractivity (Wildman–Crippen MR) is 320 cm³/mol. The highest BCUT2D eigenvalue weighted by molar-refractivity contribution is 5.86. The third-order valence-corrected chi connectivity index (χ3v) is 16.0. The maximum atomic E-state index is 13.9. The normalized spacial score (nSPS) is 27.4. The minimum Gasteiger partial charge on any atom is -0.394 e. The Bertz CT molecular complexity index is 2050. The van der Waals surface area contributed by atoms with Crippen LogP contribution in [0.1, 0.15) is 150 Å². The van der Waals surface area contributed by atoms with Gasteiger partial charge in [0.05, 0.1) is 51.2 Å². The van der Waals surface area contributed by atoms with Gasteiger partial charge in [-0.05, 0) is 76.5 Å². The topological polar surface area (TPSA) is 432 Å². The molecule has 29 nitrogen and oxygen atoms in total. The van der Waals surface area contributed by atoms with E-state index in [9.17, 15) is 79.5 Å². The molecular weight excluding hydrogens is 1170 g/mol. The number of nitrogens with zero attached hydrogens (tertiary/aromatic N) is 1. The fourth-order valence-corrected chi connectivity index (χ4v) is 10.5. The molecule has 89 heavy (non-hydrogen) atoms. The summed E-state index contributed by atoms with van der Waals surface area (Å²) in [6, 6.07) is -1.90. The third kappa shape index (κ3) is 30.0. The Kier molecular flexibility index (Phi) is 39.5. The Morgan fingerprint density at radius 3 is 1.26 bits per heavy atom. The quantitative estimate of drug-likeness (QED) is 0.0283. The van der Waals surface area contributed by atoms with Gasteiger partial charge in [-0.1, -0.05) is 47.0 Å². The summed E-state index contributed by atoms with van der Waals surface area (Å²) >= 11 is 0. The van der Waals surface area contributed by atoms with Gasteiger partial charge in [0.1, 0.15) is 54.6 Å². The molecule has 15 N–H and O–H groups in total. The first-order valence-corrected chi connectivity index (χ1v) is 32.1. The maximum Gasteiger partial charge on any atom is 0.237 e. The number of carbonyl (C=O) groups excluding carboxylic acids is 7. The average Bonchev–Trinajstić information content (AvgIpc) is 1.51. The molecule has 0 aromatic heterocycles. The number of amides is 6. The predicted octanol–water partition coefficient (Wildman–Crippen LogP) is -2.37. The number of carbonyl (C=O) groups is 7. The van der Waals surface area contributed by atoms with Gasteiger partial charge in [0.2, 0.25) is 35.4 Å². The highest BCUT2D eigenvalue weighted by Crippen LogP contribution is 2.29. The van der Waals surface area contributed by atoms with Crippen LogP contribution < -0.4 is 31.9 Å². The summed E-state index contributed by atoms with van der Waals surface area (Å²) in [5, 5.41) is 107. The molecule has 3 saturated heterocycles. The summed E-state index contributed by atoms with van der Waals surface area (Å²) in [6.45, 7) is 8.66. The molecule has 0 aromatic rings. The van der Waals surface area contributed by atoms with Crippen molar-refractivity contribution in [2.75, 3.05) is 85.5 Å². The average molecular weight is 1280 g/mol. The van der Waals surface area contributed by atoms with Crippen molar-refractivity contribution in [3.05, 3.63) is 0 Å². The molecule has 7 unspecified atom stereocenters. The standard InChI is InChI=1S/C60H109N7O22/c1-37(2)31-42(57(83)65-27-18-25-63-48(75)22-10-7-15-29-85-59-39(4)52(78)54(80)44(35-69)88-59)67(33-49(76)64-26-17-24-62-47(74)21-9-6-14-28-84-58-38(3)51(77)53(79)43(34-68)87-58)32-41(72)19-12-13-23-61-46(73)20-11-8-16-30-86-60-50(66-40(5)71)56(82)55(81)45(36-70)89-60/h37-39,42-45,50-56,58-60,68-70,77-82H,6-36H2,1-5H3,(H,61,73)(H,62,74)(H,63,75)(H,64,76)(H,65,83)(H,66,71)/t38?,39?,42?,43?,44?,45?,50?,51-,52-,53+,54+,55+,56-,58-,59-,60-/m1/s1. The van der Waals surface area contributed by atoms with Crippen LogP contribution in [-0.2, 0) is 62.0 Å². The van der Waals surface area contributed by atoms with Gasteiger partial charge >= 0.3 is 0 Å². The first-order chi connectivity index (χ1) is 42.5. The number of unbranched alkanes of at least 4 members (excludes halogenated alkanes) is 7. The molecule has 3 fully saturated rings. The Balaban J connectivity index is 1.43. The van der Waals surface area contributed by atoms with Crippen LogP contribution in [0.2, 0.25) is 0 Å². The number of aliphatic hydroxyl groups excluding tert-OH is 9. The molecule has 0 bridgehead atoms. The Hall–Kier alpha value is -4.15. The molecule has 3 aliphatic heterocycles. The molecular formula is C60H109N7O22. The van der Waals surface area contributed by atoms with Crippen molar-refractivity contribution in [2.24, 2.45) is 17.8 Å². The SMILES string of the molecule is CC(=O)NC1[C@H](OCCCCCC(=O)NCCCCC(=O)CN(CC(=O)NCCCNC(=O)CCCCCO[C@@H]2OC(CO)[C@H](O)[C@H](O)C2C)C(CC(C)C)C(=O)NCCCNC(=O)CCCCCO[C@@H]2OC(CO)[C@H](O)[C@H](O)C2C)OC(CO)[C@H](O)[C@@H]1O. The lowest BCUT2D eigenvalue weighted by Crippen LogP contribution is -2.64. The molecule has 6 amide bonds. The van der Waals surface area contributed by atoms with Gasteiger partial charge in [-0.15, -0.1) is 0 Å². The van der Waals surface area contributed by atoms with Crippen molar-refractivity contribution in [1.29, 1.82) is 0 Å². The maximum absolute atomic E-state index is 13.9. The Morgan fingerprint density at radius 2 is 0.831 bits per heavy atom. The van der Waals surface area contributed by atoms with E-state index < -0.39 is 129 Å². The first-order valence-electron chi connectivity index (χ1n) is 32.1. The van der Waals surface area contributed by atoms with Crippen LogP contribution in [0.4, 0.5) is 0 Å². The van der Waals surface area contributed by atoms with E-state index in [1.165, 1.54) is 6.92 Å². The summed E-state index contributed by atoms with van der Waals surface area (Å²) < 4.78 is 34.0. The van der Waals surface area contributed by atoms with Crippen molar-refractivity contribution < 1.29 is 108 Å². The number of ether oxygens (including phenoxy) is 6. The van der Waals surface area contributed by atoms with Crippen LogP contribution in [0, 0.1) is 17.8 Å². The molecule has 0 saturated carbocycles.